The van der Waals surface area contributed by atoms with Gasteiger partial charge in [-0.15, -0.1) is 0 Å². The first-order chi connectivity index (χ1) is 7.40. The Morgan fingerprint density at radius 2 is 2.00 bits per heavy atom. The number of hydrogen-bond acceptors (Lipinski definition) is 3. The number of likely N-dealkylation sites (tertiary alicyclic amines) is 1. The van der Waals surface area contributed by atoms with E-state index < -0.39 is 10.2 Å². The summed E-state index contributed by atoms with van der Waals surface area (Å²) >= 11 is 0. The molecule has 0 spiro atoms. The van der Waals surface area contributed by atoms with E-state index in [9.17, 15) is 13.2 Å². The highest BCUT2D eigenvalue weighted by molar-refractivity contribution is 7.87. The van der Waals surface area contributed by atoms with Crippen molar-refractivity contribution in [1.82, 2.24) is 13.9 Å². The van der Waals surface area contributed by atoms with Crippen LogP contribution in [0.2, 0.25) is 0 Å². The molecule has 1 N–H and O–H groups in total. The van der Waals surface area contributed by atoms with Gasteiger partial charge in [0.15, 0.2) is 0 Å². The highest BCUT2D eigenvalue weighted by Crippen LogP contribution is 2.30. The van der Waals surface area contributed by atoms with Crippen molar-refractivity contribution >= 4 is 16.1 Å². The van der Waals surface area contributed by atoms with E-state index in [2.05, 4.69) is 4.72 Å². The van der Waals surface area contributed by atoms with Crippen molar-refractivity contribution < 1.29 is 13.2 Å². The van der Waals surface area contributed by atoms with E-state index in [0.717, 1.165) is 17.1 Å². The lowest BCUT2D eigenvalue weighted by atomic mass is 10.3. The van der Waals surface area contributed by atoms with E-state index in [-0.39, 0.29) is 18.4 Å². The second-order valence-corrected chi connectivity index (χ2v) is 6.50. The topological polar surface area (TPSA) is 69.7 Å². The van der Waals surface area contributed by atoms with Crippen LogP contribution in [0.4, 0.5) is 0 Å². The molecule has 1 amide bonds. The number of nitrogens with zero attached hydrogens (tertiary/aromatic N) is 2. The van der Waals surface area contributed by atoms with Gasteiger partial charge in [0.05, 0.1) is 0 Å². The van der Waals surface area contributed by atoms with Crippen molar-refractivity contribution in [2.24, 2.45) is 0 Å². The highest BCUT2D eigenvalue weighted by atomic mass is 32.2. The van der Waals surface area contributed by atoms with Crippen LogP contribution >= 0.6 is 0 Å². The molecular weight excluding hydrogens is 230 g/mol. The molecule has 1 saturated heterocycles. The Morgan fingerprint density at radius 3 is 2.50 bits per heavy atom. The molecule has 1 aliphatic carbocycles. The van der Waals surface area contributed by atoms with Crippen LogP contribution in [-0.2, 0) is 15.0 Å². The second kappa shape index (κ2) is 3.97. The third-order valence-corrected chi connectivity index (χ3v) is 4.54. The standard InChI is InChI=1S/C9H17N3O3S/c1-11(2)16(14,15)10-7-5-9(13)12(6-7)8-3-4-8/h7-8,10H,3-6H2,1-2H3. The van der Waals surface area contributed by atoms with Gasteiger partial charge in [-0.25, -0.2) is 0 Å². The smallest absolute Gasteiger partial charge is 0.279 e. The Labute approximate surface area is 95.8 Å². The number of amides is 1. The summed E-state index contributed by atoms with van der Waals surface area (Å²) in [4.78, 5) is 13.4. The van der Waals surface area contributed by atoms with Gasteiger partial charge in [-0.1, -0.05) is 0 Å². The summed E-state index contributed by atoms with van der Waals surface area (Å²) in [6.45, 7) is 0.510. The number of hydrogen-bond donors (Lipinski definition) is 1. The maximum absolute atomic E-state index is 11.6. The fourth-order valence-corrected chi connectivity index (χ4v) is 2.66. The van der Waals surface area contributed by atoms with Crippen LogP contribution in [0.15, 0.2) is 0 Å². The lowest BCUT2D eigenvalue weighted by molar-refractivity contribution is -0.128. The van der Waals surface area contributed by atoms with E-state index in [1.807, 2.05) is 0 Å². The van der Waals surface area contributed by atoms with Crippen molar-refractivity contribution in [3.05, 3.63) is 0 Å². The van der Waals surface area contributed by atoms with Gasteiger partial charge in [0, 0.05) is 39.1 Å². The minimum atomic E-state index is -3.43. The normalized spacial score (nSPS) is 26.8. The van der Waals surface area contributed by atoms with Gasteiger partial charge in [-0.05, 0) is 12.8 Å². The summed E-state index contributed by atoms with van der Waals surface area (Å²) < 4.78 is 26.8. The van der Waals surface area contributed by atoms with Gasteiger partial charge in [0.2, 0.25) is 5.91 Å². The number of carbonyl (C=O) groups excluding carboxylic acids is 1. The molecule has 6 nitrogen and oxygen atoms in total. The van der Waals surface area contributed by atoms with Crippen LogP contribution in [0.25, 0.3) is 0 Å². The van der Waals surface area contributed by atoms with Crippen LogP contribution in [0.1, 0.15) is 19.3 Å². The molecule has 1 saturated carbocycles. The van der Waals surface area contributed by atoms with Gasteiger partial charge in [0.1, 0.15) is 0 Å². The van der Waals surface area contributed by atoms with Crippen molar-refractivity contribution in [1.29, 1.82) is 0 Å². The van der Waals surface area contributed by atoms with E-state index in [1.54, 1.807) is 4.90 Å². The summed E-state index contributed by atoms with van der Waals surface area (Å²) in [6, 6.07) is 0.0851. The molecule has 0 aromatic carbocycles. The largest absolute Gasteiger partial charge is 0.338 e. The average molecular weight is 247 g/mol. The minimum absolute atomic E-state index is 0.0638. The molecule has 0 aromatic heterocycles. The van der Waals surface area contributed by atoms with Crippen molar-refractivity contribution in [2.75, 3.05) is 20.6 Å². The lowest BCUT2D eigenvalue weighted by Crippen LogP contribution is -2.43. The van der Waals surface area contributed by atoms with Crippen molar-refractivity contribution in [3.63, 3.8) is 0 Å². The SMILES string of the molecule is CN(C)S(=O)(=O)NC1CC(=O)N(C2CC2)C1. The monoisotopic (exact) mass is 247 g/mol. The zero-order valence-electron chi connectivity index (χ0n) is 9.51. The average Bonchev–Trinajstić information content (AvgIpc) is 2.91. The zero-order chi connectivity index (χ0) is 11.9. The molecule has 1 atom stereocenters. The molecule has 2 rings (SSSR count). The van der Waals surface area contributed by atoms with Crippen molar-refractivity contribution in [2.45, 2.75) is 31.3 Å². The first kappa shape index (κ1) is 11.8. The van der Waals surface area contributed by atoms with Crippen LogP contribution in [0.3, 0.4) is 0 Å². The summed E-state index contributed by atoms with van der Waals surface area (Å²) in [5, 5.41) is 0. The molecule has 2 aliphatic rings. The third kappa shape index (κ3) is 2.36. The summed E-state index contributed by atoms with van der Waals surface area (Å²) in [7, 11) is -0.489. The van der Waals surface area contributed by atoms with E-state index in [0.29, 0.717) is 12.6 Å². The molecule has 1 unspecified atom stereocenters. The van der Waals surface area contributed by atoms with E-state index in [1.165, 1.54) is 14.1 Å². The zero-order valence-corrected chi connectivity index (χ0v) is 10.3. The predicted octanol–water partition coefficient (Wildman–Crippen LogP) is -0.854. The minimum Gasteiger partial charge on any atom is -0.338 e. The van der Waals surface area contributed by atoms with Gasteiger partial charge in [-0.2, -0.15) is 17.4 Å². The fraction of sp³-hybridized carbons (Fsp3) is 0.889. The van der Waals surface area contributed by atoms with Crippen LogP contribution in [0.5, 0.6) is 0 Å². The molecule has 7 heteroatoms. The summed E-state index contributed by atoms with van der Waals surface area (Å²) in [5.41, 5.74) is 0. The van der Waals surface area contributed by atoms with Gasteiger partial charge >= 0.3 is 0 Å². The first-order valence-corrected chi connectivity index (χ1v) is 6.83. The first-order valence-electron chi connectivity index (χ1n) is 5.39. The van der Waals surface area contributed by atoms with E-state index in [4.69, 9.17) is 0 Å². The second-order valence-electron chi connectivity index (χ2n) is 4.58. The Bertz CT molecular complexity index is 389. The van der Waals surface area contributed by atoms with E-state index >= 15 is 0 Å². The molecule has 92 valence electrons. The van der Waals surface area contributed by atoms with Crippen LogP contribution < -0.4 is 4.72 Å². The van der Waals surface area contributed by atoms with Crippen LogP contribution in [-0.4, -0.2) is 56.3 Å². The van der Waals surface area contributed by atoms with Crippen LogP contribution in [0, 0.1) is 0 Å². The molecule has 1 aliphatic heterocycles. The Hall–Kier alpha value is -0.660. The molecular formula is C9H17N3O3S. The Balaban J connectivity index is 1.96. The Kier molecular flexibility index (Phi) is 2.93. The summed E-state index contributed by atoms with van der Waals surface area (Å²) in [6.07, 6.45) is 2.39. The van der Waals surface area contributed by atoms with Crippen molar-refractivity contribution in [3.8, 4) is 0 Å². The fourth-order valence-electron chi connectivity index (χ4n) is 1.87. The molecule has 0 aromatic rings. The molecule has 16 heavy (non-hydrogen) atoms. The molecule has 0 radical (unpaired) electrons. The summed E-state index contributed by atoms with van der Waals surface area (Å²) in [5.74, 6) is 0.0638. The molecule has 2 fully saturated rings. The maximum atomic E-state index is 11.6. The van der Waals surface area contributed by atoms with Gasteiger partial charge < -0.3 is 4.90 Å². The lowest BCUT2D eigenvalue weighted by Gasteiger charge is -2.18. The maximum Gasteiger partial charge on any atom is 0.279 e. The molecule has 1 heterocycles. The van der Waals surface area contributed by atoms with Gasteiger partial charge in [0.25, 0.3) is 10.2 Å². The number of rotatable bonds is 4. The Morgan fingerprint density at radius 1 is 1.38 bits per heavy atom. The number of carbonyl (C=O) groups is 1. The predicted molar refractivity (Wildman–Crippen MR) is 58.9 cm³/mol. The third-order valence-electron chi connectivity index (χ3n) is 2.94. The quantitative estimate of drug-likeness (QED) is 0.703. The van der Waals surface area contributed by atoms with Gasteiger partial charge in [-0.3, -0.25) is 4.79 Å². The highest BCUT2D eigenvalue weighted by Gasteiger charge is 2.40. The number of nitrogens with one attached hydrogen (secondary N) is 1. The molecule has 0 bridgehead atoms.